The van der Waals surface area contributed by atoms with E-state index in [0.717, 1.165) is 47.4 Å². The molecule has 0 N–H and O–H groups in total. The maximum absolute atomic E-state index is 6.03. The van der Waals surface area contributed by atoms with E-state index < -0.39 is 0 Å². The number of alkyl halides is 2. The molecule has 0 saturated heterocycles. The van der Waals surface area contributed by atoms with Crippen molar-refractivity contribution in [3.63, 3.8) is 0 Å². The zero-order chi connectivity index (χ0) is 17.2. The standard InChI is InChI=1S/C18H32I2O3/c1-3-21-17(13-9-5-7-11-15-19)23-18(22-4-2)14-10-6-8-12-16-20/h5-8,17-18H,3-4,9-16H2,1-2H3/b7-5+,8-6+. The molecule has 0 spiro atoms. The summed E-state index contributed by atoms with van der Waals surface area (Å²) in [6.07, 6.45) is 14.5. The van der Waals surface area contributed by atoms with E-state index in [1.54, 1.807) is 0 Å². The molecule has 0 rings (SSSR count). The normalized spacial score (nSPS) is 14.8. The summed E-state index contributed by atoms with van der Waals surface area (Å²) < 4.78 is 19.8. The van der Waals surface area contributed by atoms with Gasteiger partial charge >= 0.3 is 0 Å². The Morgan fingerprint density at radius 3 is 1.43 bits per heavy atom. The summed E-state index contributed by atoms with van der Waals surface area (Å²) in [7, 11) is 0. The molecular weight excluding hydrogens is 518 g/mol. The first kappa shape index (κ1) is 23.8. The lowest BCUT2D eigenvalue weighted by Crippen LogP contribution is -2.27. The lowest BCUT2D eigenvalue weighted by molar-refractivity contribution is -0.246. The van der Waals surface area contributed by atoms with Gasteiger partial charge < -0.3 is 14.2 Å². The van der Waals surface area contributed by atoms with Crippen LogP contribution in [0.5, 0.6) is 0 Å². The molecule has 3 nitrogen and oxygen atoms in total. The monoisotopic (exact) mass is 550 g/mol. The molecular formula is C18H32I2O3. The Hall–Kier alpha value is 0.820. The summed E-state index contributed by atoms with van der Waals surface area (Å²) in [6, 6.07) is 0. The fraction of sp³-hybridized carbons (Fsp3) is 0.778. The minimum Gasteiger partial charge on any atom is -0.353 e. The summed E-state index contributed by atoms with van der Waals surface area (Å²) >= 11 is 4.78. The Morgan fingerprint density at radius 1 is 0.696 bits per heavy atom. The Bertz CT molecular complexity index is 268. The molecule has 0 aliphatic heterocycles. The summed E-state index contributed by atoms with van der Waals surface area (Å²) in [4.78, 5) is 0. The average Bonchev–Trinajstić information content (AvgIpc) is 2.54. The second-order valence-corrected chi connectivity index (χ2v) is 7.12. The third-order valence-electron chi connectivity index (χ3n) is 3.03. The van der Waals surface area contributed by atoms with Crippen molar-refractivity contribution >= 4 is 45.2 Å². The summed E-state index contributed by atoms with van der Waals surface area (Å²) in [5.41, 5.74) is 0. The minimum atomic E-state index is -0.181. The van der Waals surface area contributed by atoms with Crippen LogP contribution in [0.25, 0.3) is 0 Å². The Morgan fingerprint density at radius 2 is 1.09 bits per heavy atom. The van der Waals surface area contributed by atoms with Crippen LogP contribution in [0, 0.1) is 0 Å². The van der Waals surface area contributed by atoms with Gasteiger partial charge in [0, 0.05) is 34.9 Å². The van der Waals surface area contributed by atoms with Crippen molar-refractivity contribution in [2.75, 3.05) is 22.1 Å². The Kier molecular flexibility index (Phi) is 19.8. The lowest BCUT2D eigenvalue weighted by atomic mass is 10.2. The van der Waals surface area contributed by atoms with Crippen LogP contribution in [0.1, 0.15) is 52.4 Å². The Labute approximate surface area is 169 Å². The molecule has 0 aromatic rings. The topological polar surface area (TPSA) is 27.7 Å². The van der Waals surface area contributed by atoms with Crippen LogP contribution in [0.3, 0.4) is 0 Å². The molecule has 5 heteroatoms. The van der Waals surface area contributed by atoms with Crippen LogP contribution in [-0.2, 0) is 14.2 Å². The lowest BCUT2D eigenvalue weighted by Gasteiger charge is -2.24. The largest absolute Gasteiger partial charge is 0.353 e. The molecule has 0 radical (unpaired) electrons. The first-order valence-electron chi connectivity index (χ1n) is 8.59. The van der Waals surface area contributed by atoms with E-state index in [2.05, 4.69) is 69.5 Å². The van der Waals surface area contributed by atoms with Crippen LogP contribution in [0.15, 0.2) is 24.3 Å². The number of rotatable bonds is 16. The maximum Gasteiger partial charge on any atom is 0.161 e. The zero-order valence-electron chi connectivity index (χ0n) is 14.5. The van der Waals surface area contributed by atoms with Gasteiger partial charge in [-0.15, -0.1) is 0 Å². The van der Waals surface area contributed by atoms with Crippen LogP contribution >= 0.6 is 45.2 Å². The second kappa shape index (κ2) is 19.1. The van der Waals surface area contributed by atoms with Crippen LogP contribution in [0.2, 0.25) is 0 Å². The predicted octanol–water partition coefficient (Wildman–Crippen LogP) is 6.05. The van der Waals surface area contributed by atoms with Gasteiger partial charge in [0.05, 0.1) is 0 Å². The third kappa shape index (κ3) is 16.1. The van der Waals surface area contributed by atoms with E-state index in [9.17, 15) is 0 Å². The molecule has 0 aliphatic carbocycles. The molecule has 0 fully saturated rings. The molecule has 0 saturated carbocycles. The molecule has 2 atom stereocenters. The smallest absolute Gasteiger partial charge is 0.161 e. The molecule has 2 unspecified atom stereocenters. The summed E-state index contributed by atoms with van der Waals surface area (Å²) in [5, 5.41) is 0. The molecule has 0 aliphatic rings. The van der Waals surface area contributed by atoms with Crippen LogP contribution in [0.4, 0.5) is 0 Å². The van der Waals surface area contributed by atoms with E-state index in [1.165, 1.54) is 0 Å². The quantitative estimate of drug-likeness (QED) is 0.101. The number of ether oxygens (including phenoxy) is 3. The highest BCUT2D eigenvalue weighted by Gasteiger charge is 2.16. The summed E-state index contributed by atoms with van der Waals surface area (Å²) in [6.45, 7) is 5.34. The molecule has 136 valence electrons. The van der Waals surface area contributed by atoms with Crippen molar-refractivity contribution in [3.8, 4) is 0 Å². The van der Waals surface area contributed by atoms with Crippen molar-refractivity contribution in [1.29, 1.82) is 0 Å². The Balaban J connectivity index is 4.21. The molecule has 0 aromatic heterocycles. The second-order valence-electron chi connectivity index (χ2n) is 4.96. The van der Waals surface area contributed by atoms with Gasteiger partial charge in [-0.25, -0.2) is 0 Å². The summed E-state index contributed by atoms with van der Waals surface area (Å²) in [5.74, 6) is 0. The molecule has 23 heavy (non-hydrogen) atoms. The fourth-order valence-corrected chi connectivity index (χ4v) is 2.70. The van der Waals surface area contributed by atoms with E-state index in [4.69, 9.17) is 14.2 Å². The van der Waals surface area contributed by atoms with Gasteiger partial charge in [0.1, 0.15) is 0 Å². The molecule has 0 amide bonds. The van der Waals surface area contributed by atoms with Crippen molar-refractivity contribution in [2.24, 2.45) is 0 Å². The SMILES string of the molecule is CCOC(CC/C=C/CCI)OC(CC/C=C/CCI)OCC. The van der Waals surface area contributed by atoms with E-state index in [1.807, 2.05) is 13.8 Å². The third-order valence-corrected chi connectivity index (χ3v) is 4.28. The average molecular weight is 550 g/mol. The van der Waals surface area contributed by atoms with Crippen LogP contribution in [-0.4, -0.2) is 34.6 Å². The molecule has 0 heterocycles. The number of hydrogen-bond donors (Lipinski definition) is 0. The zero-order valence-corrected chi connectivity index (χ0v) is 18.8. The molecule has 0 aromatic carbocycles. The fourth-order valence-electron chi connectivity index (χ4n) is 1.98. The number of allylic oxidation sites excluding steroid dienone is 4. The van der Waals surface area contributed by atoms with E-state index in [-0.39, 0.29) is 12.6 Å². The highest BCUT2D eigenvalue weighted by Crippen LogP contribution is 2.14. The van der Waals surface area contributed by atoms with Crippen molar-refractivity contribution < 1.29 is 14.2 Å². The van der Waals surface area contributed by atoms with Gasteiger partial charge in [-0.3, -0.25) is 0 Å². The van der Waals surface area contributed by atoms with E-state index >= 15 is 0 Å². The maximum atomic E-state index is 6.03. The highest BCUT2D eigenvalue weighted by molar-refractivity contribution is 14.1. The van der Waals surface area contributed by atoms with Gasteiger partial charge in [0.15, 0.2) is 12.6 Å². The van der Waals surface area contributed by atoms with Gasteiger partial charge in [-0.1, -0.05) is 69.5 Å². The van der Waals surface area contributed by atoms with Crippen molar-refractivity contribution in [3.05, 3.63) is 24.3 Å². The van der Waals surface area contributed by atoms with Crippen LogP contribution < -0.4 is 0 Å². The van der Waals surface area contributed by atoms with E-state index in [0.29, 0.717) is 13.2 Å². The van der Waals surface area contributed by atoms with Crippen molar-refractivity contribution in [1.82, 2.24) is 0 Å². The number of hydrogen-bond acceptors (Lipinski definition) is 3. The minimum absolute atomic E-state index is 0.181. The van der Waals surface area contributed by atoms with Gasteiger partial charge in [-0.2, -0.15) is 0 Å². The van der Waals surface area contributed by atoms with Crippen molar-refractivity contribution in [2.45, 2.75) is 65.0 Å². The first-order valence-corrected chi connectivity index (χ1v) is 11.6. The highest BCUT2D eigenvalue weighted by atomic mass is 127. The van der Waals surface area contributed by atoms with Gasteiger partial charge in [0.25, 0.3) is 0 Å². The predicted molar refractivity (Wildman–Crippen MR) is 116 cm³/mol. The van der Waals surface area contributed by atoms with Gasteiger partial charge in [0.2, 0.25) is 0 Å². The molecule has 0 bridgehead atoms. The number of halogens is 2. The first-order chi connectivity index (χ1) is 11.3. The van der Waals surface area contributed by atoms with Gasteiger partial charge in [-0.05, 0) is 39.5 Å².